The van der Waals surface area contributed by atoms with Crippen molar-refractivity contribution in [1.82, 2.24) is 24.9 Å². The first kappa shape index (κ1) is 28.8. The Labute approximate surface area is 247 Å². The molecule has 0 bridgehead atoms. The molecule has 1 aliphatic rings. The predicted octanol–water partition coefficient (Wildman–Crippen LogP) is 7.20. The maximum absolute atomic E-state index is 9.81. The van der Waals surface area contributed by atoms with Crippen molar-refractivity contribution in [2.24, 2.45) is 0 Å². The van der Waals surface area contributed by atoms with Crippen LogP contribution in [0, 0.1) is 11.3 Å². The summed E-state index contributed by atoms with van der Waals surface area (Å²) in [6.07, 6.45) is 6.70. The van der Waals surface area contributed by atoms with Crippen LogP contribution in [-0.4, -0.2) is 49.5 Å². The second-order valence-electron chi connectivity index (χ2n) is 12.0. The van der Waals surface area contributed by atoms with Gasteiger partial charge in [-0.25, -0.2) is 4.68 Å². The molecular weight excluding hydrogens is 532 g/mol. The molecule has 2 aromatic heterocycles. The molecule has 0 amide bonds. The molecule has 0 radical (unpaired) electrons. The van der Waals surface area contributed by atoms with Crippen LogP contribution in [0.3, 0.4) is 0 Å². The number of piperidine rings is 1. The summed E-state index contributed by atoms with van der Waals surface area (Å²) in [5, 5.41) is 27.6. The van der Waals surface area contributed by atoms with Crippen molar-refractivity contribution in [3.63, 3.8) is 0 Å². The van der Waals surface area contributed by atoms with E-state index >= 15 is 0 Å². The zero-order chi connectivity index (χ0) is 29.1. The minimum Gasteiger partial charge on any atom is -0.381 e. The topological polar surface area (TPSA) is 94.7 Å². The van der Waals surface area contributed by atoms with Crippen LogP contribution >= 0.6 is 11.6 Å². The van der Waals surface area contributed by atoms with Crippen molar-refractivity contribution < 1.29 is 0 Å². The van der Waals surface area contributed by atoms with Crippen molar-refractivity contribution in [2.45, 2.75) is 77.5 Å². The van der Waals surface area contributed by atoms with Crippen molar-refractivity contribution in [1.29, 1.82) is 5.26 Å². The van der Waals surface area contributed by atoms with Gasteiger partial charge in [-0.3, -0.25) is 9.88 Å². The Morgan fingerprint density at radius 3 is 2.51 bits per heavy atom. The zero-order valence-electron chi connectivity index (χ0n) is 24.5. The SMILES string of the molecule is CC[C@H](C)Nc1c(C#N)cnc2c(N[C@@H](c3ccccc3)c3cn(C4CCN(C(C)(C)C)CC4)nn3)cc(Cl)cc12. The quantitative estimate of drug-likeness (QED) is 0.231. The first-order valence-corrected chi connectivity index (χ1v) is 14.8. The lowest BCUT2D eigenvalue weighted by Gasteiger charge is -2.40. The molecule has 8 nitrogen and oxygen atoms in total. The number of likely N-dealkylation sites (tertiary alicyclic amines) is 1. The monoisotopic (exact) mass is 570 g/mol. The van der Waals surface area contributed by atoms with Gasteiger partial charge in [-0.05, 0) is 64.7 Å². The fraction of sp³-hybridized carbons (Fsp3) is 0.438. The molecule has 1 fully saturated rings. The summed E-state index contributed by atoms with van der Waals surface area (Å²) in [4.78, 5) is 7.24. The number of rotatable bonds is 8. The Balaban J connectivity index is 1.51. The average molecular weight is 571 g/mol. The van der Waals surface area contributed by atoms with Crippen LogP contribution in [0.5, 0.6) is 0 Å². The maximum atomic E-state index is 9.81. The van der Waals surface area contributed by atoms with E-state index in [1.807, 2.05) is 35.0 Å². The summed E-state index contributed by atoms with van der Waals surface area (Å²) in [5.74, 6) is 0. The number of hydrogen-bond donors (Lipinski definition) is 2. The van der Waals surface area contributed by atoms with Crippen molar-refractivity contribution in [2.75, 3.05) is 23.7 Å². The molecule has 2 aromatic carbocycles. The Morgan fingerprint density at radius 1 is 1.12 bits per heavy atom. The van der Waals surface area contributed by atoms with Gasteiger partial charge in [0.05, 0.1) is 40.7 Å². The van der Waals surface area contributed by atoms with E-state index in [1.54, 1.807) is 6.20 Å². The van der Waals surface area contributed by atoms with Crippen molar-refractivity contribution >= 4 is 33.9 Å². The zero-order valence-corrected chi connectivity index (χ0v) is 25.3. The van der Waals surface area contributed by atoms with E-state index in [4.69, 9.17) is 16.6 Å². The van der Waals surface area contributed by atoms with Crippen LogP contribution in [0.4, 0.5) is 11.4 Å². The van der Waals surface area contributed by atoms with Crippen LogP contribution in [0.2, 0.25) is 5.02 Å². The third-order valence-electron chi connectivity index (χ3n) is 8.10. The average Bonchev–Trinajstić information content (AvgIpc) is 3.46. The summed E-state index contributed by atoms with van der Waals surface area (Å²) < 4.78 is 2.04. The molecule has 214 valence electrons. The first-order chi connectivity index (χ1) is 19.7. The minimum atomic E-state index is -0.273. The van der Waals surface area contributed by atoms with Crippen LogP contribution in [0.25, 0.3) is 10.9 Å². The maximum Gasteiger partial charge on any atom is 0.109 e. The highest BCUT2D eigenvalue weighted by Gasteiger charge is 2.29. The third-order valence-corrected chi connectivity index (χ3v) is 8.32. The van der Waals surface area contributed by atoms with Gasteiger partial charge in [0, 0.05) is 41.3 Å². The summed E-state index contributed by atoms with van der Waals surface area (Å²) in [7, 11) is 0. The Bertz CT molecular complexity index is 1530. The lowest BCUT2D eigenvalue weighted by molar-refractivity contribution is 0.0866. The molecule has 9 heteroatoms. The van der Waals surface area contributed by atoms with Gasteiger partial charge >= 0.3 is 0 Å². The molecule has 1 saturated heterocycles. The molecule has 4 aromatic rings. The lowest BCUT2D eigenvalue weighted by atomic mass is 9.98. The molecule has 2 N–H and O–H groups in total. The smallest absolute Gasteiger partial charge is 0.109 e. The number of fused-ring (bicyclic) bond motifs is 1. The number of benzene rings is 2. The second-order valence-corrected chi connectivity index (χ2v) is 12.4. The molecule has 41 heavy (non-hydrogen) atoms. The largest absolute Gasteiger partial charge is 0.381 e. The van der Waals surface area contributed by atoms with Gasteiger partial charge in [-0.15, -0.1) is 5.10 Å². The van der Waals surface area contributed by atoms with E-state index in [1.165, 1.54) is 0 Å². The van der Waals surface area contributed by atoms with Gasteiger partial charge in [0.25, 0.3) is 0 Å². The highest BCUT2D eigenvalue weighted by molar-refractivity contribution is 6.32. The summed E-state index contributed by atoms with van der Waals surface area (Å²) in [5.41, 5.74) is 4.81. The third kappa shape index (κ3) is 6.32. The molecule has 0 aliphatic carbocycles. The van der Waals surface area contributed by atoms with Gasteiger partial charge < -0.3 is 10.6 Å². The van der Waals surface area contributed by atoms with Crippen molar-refractivity contribution in [3.8, 4) is 6.07 Å². The van der Waals surface area contributed by atoms with Gasteiger partial charge in [0.15, 0.2) is 0 Å². The molecule has 2 atom stereocenters. The van der Waals surface area contributed by atoms with Crippen LogP contribution in [0.15, 0.2) is 54.9 Å². The van der Waals surface area contributed by atoms with Crippen LogP contribution in [0.1, 0.15) is 82.8 Å². The number of nitriles is 1. The van der Waals surface area contributed by atoms with Gasteiger partial charge in [0.2, 0.25) is 0 Å². The predicted molar refractivity (Wildman–Crippen MR) is 166 cm³/mol. The number of nitrogens with zero attached hydrogens (tertiary/aromatic N) is 6. The van der Waals surface area contributed by atoms with Gasteiger partial charge in [0.1, 0.15) is 11.8 Å². The number of anilines is 2. The first-order valence-electron chi connectivity index (χ1n) is 14.4. The van der Waals surface area contributed by atoms with Crippen LogP contribution < -0.4 is 10.6 Å². The Kier molecular flexibility index (Phi) is 8.48. The summed E-state index contributed by atoms with van der Waals surface area (Å²) in [6.45, 7) is 13.1. The Morgan fingerprint density at radius 2 is 1.85 bits per heavy atom. The number of hydrogen-bond acceptors (Lipinski definition) is 7. The van der Waals surface area contributed by atoms with E-state index in [9.17, 15) is 5.26 Å². The highest BCUT2D eigenvalue weighted by Crippen LogP contribution is 2.37. The summed E-state index contributed by atoms with van der Waals surface area (Å²) in [6, 6.07) is 16.5. The lowest BCUT2D eigenvalue weighted by Crippen LogP contribution is -2.46. The van der Waals surface area contributed by atoms with E-state index < -0.39 is 0 Å². The molecule has 0 spiro atoms. The van der Waals surface area contributed by atoms with Crippen molar-refractivity contribution in [3.05, 3.63) is 76.7 Å². The second kappa shape index (κ2) is 12.1. The van der Waals surface area contributed by atoms with Crippen LogP contribution in [-0.2, 0) is 0 Å². The van der Waals surface area contributed by atoms with E-state index in [-0.39, 0.29) is 17.6 Å². The fourth-order valence-corrected chi connectivity index (χ4v) is 5.72. The van der Waals surface area contributed by atoms with E-state index in [0.717, 1.165) is 65.9 Å². The minimum absolute atomic E-state index is 0.173. The normalized spacial score (nSPS) is 16.3. The van der Waals surface area contributed by atoms with E-state index in [0.29, 0.717) is 16.6 Å². The molecule has 0 saturated carbocycles. The molecule has 3 heterocycles. The molecule has 1 aliphatic heterocycles. The van der Waals surface area contributed by atoms with Gasteiger partial charge in [-0.2, -0.15) is 5.26 Å². The summed E-state index contributed by atoms with van der Waals surface area (Å²) >= 11 is 6.67. The fourth-order valence-electron chi connectivity index (χ4n) is 5.50. The number of nitrogens with one attached hydrogen (secondary N) is 2. The molecule has 5 rings (SSSR count). The Hall–Kier alpha value is -3.67. The number of aromatic nitrogens is 4. The standard InChI is InChI=1S/C32H39ClN8/c1-6-21(2)36-29-23(18-34)19-35-31-26(29)16-24(33)17-27(31)37-30(22-10-8-7-9-11-22)28-20-41(39-38-28)25-12-14-40(15-13-25)32(3,4)5/h7-11,16-17,19-21,25,30,37H,6,12-15H2,1-5H3,(H,35,36)/t21-,30-/m0/s1. The molecular formula is C32H39ClN8. The number of halogens is 1. The molecule has 0 unspecified atom stereocenters. The van der Waals surface area contributed by atoms with E-state index in [2.05, 4.69) is 84.9 Å². The highest BCUT2D eigenvalue weighted by atomic mass is 35.5. The number of pyridine rings is 1. The van der Waals surface area contributed by atoms with Gasteiger partial charge in [-0.1, -0.05) is 54.1 Å².